The van der Waals surface area contributed by atoms with Gasteiger partial charge in [0.05, 0.1) is 12.7 Å². The summed E-state index contributed by atoms with van der Waals surface area (Å²) in [6.07, 6.45) is 0.923. The minimum absolute atomic E-state index is 0.0189. The Balaban J connectivity index is 1.15. The fourth-order valence-electron chi connectivity index (χ4n) is 4.43. The molecule has 2 heterocycles. The number of carbonyl (C=O) groups is 3. The highest BCUT2D eigenvalue weighted by molar-refractivity contribution is 8.00. The molecule has 1 aliphatic heterocycles. The lowest BCUT2D eigenvalue weighted by Crippen LogP contribution is -2.44. The number of carboxylic acids is 1. The predicted octanol–water partition coefficient (Wildman–Crippen LogP) is 3.82. The first-order valence-corrected chi connectivity index (χ1v) is 13.0. The second kappa shape index (κ2) is 10.1. The average molecular weight is 510 g/mol. The number of nitrogens with zero attached hydrogens (tertiary/aromatic N) is 2. The maximum Gasteiger partial charge on any atom is 0.407 e. The number of carboxylic acid groups (broad SMARTS) is 1. The van der Waals surface area contributed by atoms with Crippen molar-refractivity contribution in [2.75, 3.05) is 25.4 Å². The molecule has 2 amide bonds. The lowest BCUT2D eigenvalue weighted by atomic mass is 9.98. The second-order valence-electron chi connectivity index (χ2n) is 8.25. The van der Waals surface area contributed by atoms with Gasteiger partial charge < -0.3 is 20.1 Å². The molecule has 1 aliphatic carbocycles. The Morgan fingerprint density at radius 1 is 1.09 bits per heavy atom. The Morgan fingerprint density at radius 3 is 2.46 bits per heavy atom. The topological polar surface area (TPSA) is 109 Å². The number of rotatable bonds is 6. The smallest absolute Gasteiger partial charge is 0.407 e. The number of hydrogen-bond acceptors (Lipinski definition) is 7. The van der Waals surface area contributed by atoms with E-state index in [2.05, 4.69) is 34.6 Å². The lowest BCUT2D eigenvalue weighted by Gasteiger charge is -2.29. The van der Waals surface area contributed by atoms with Gasteiger partial charge in [-0.2, -0.15) is 0 Å². The third-order valence-electron chi connectivity index (χ3n) is 6.12. The number of thiazole rings is 1. The van der Waals surface area contributed by atoms with Crippen molar-refractivity contribution in [2.24, 2.45) is 0 Å². The van der Waals surface area contributed by atoms with Crippen LogP contribution in [-0.4, -0.2) is 63.7 Å². The van der Waals surface area contributed by atoms with Crippen LogP contribution in [0.3, 0.4) is 0 Å². The highest BCUT2D eigenvalue weighted by Crippen LogP contribution is 2.44. The van der Waals surface area contributed by atoms with Gasteiger partial charge in [0.15, 0.2) is 0 Å². The summed E-state index contributed by atoms with van der Waals surface area (Å²) in [6.45, 7) is 1.03. The van der Waals surface area contributed by atoms with E-state index in [0.717, 1.165) is 11.1 Å². The van der Waals surface area contributed by atoms with E-state index in [9.17, 15) is 19.5 Å². The van der Waals surface area contributed by atoms with E-state index in [1.807, 2.05) is 24.3 Å². The summed E-state index contributed by atoms with van der Waals surface area (Å²) >= 11 is 2.53. The number of ether oxygens (including phenoxy) is 1. The number of aromatic nitrogens is 1. The lowest BCUT2D eigenvalue weighted by molar-refractivity contribution is -0.136. The van der Waals surface area contributed by atoms with Crippen LogP contribution in [-0.2, 0) is 16.1 Å². The van der Waals surface area contributed by atoms with Crippen LogP contribution in [0.25, 0.3) is 11.1 Å². The number of carbonyl (C=O) groups excluding carboxylic acids is 2. The summed E-state index contributed by atoms with van der Waals surface area (Å²) in [5.41, 5.74) is 4.62. The molecule has 5 rings (SSSR count). The van der Waals surface area contributed by atoms with Crippen molar-refractivity contribution in [1.82, 2.24) is 15.2 Å². The van der Waals surface area contributed by atoms with Crippen molar-refractivity contribution >= 4 is 41.1 Å². The molecule has 180 valence electrons. The minimum Gasteiger partial charge on any atom is -0.480 e. The quantitative estimate of drug-likeness (QED) is 0.520. The van der Waals surface area contributed by atoms with Crippen molar-refractivity contribution in [3.05, 3.63) is 75.7 Å². The zero-order chi connectivity index (χ0) is 24.4. The van der Waals surface area contributed by atoms with Crippen LogP contribution in [0.1, 0.15) is 31.7 Å². The highest BCUT2D eigenvalue weighted by atomic mass is 32.2. The standard InChI is InChI=1S/C25H23N3O5S2/c29-23(28-9-10-34-21(13-28)24(30)31)20-11-26-22(35-20)12-27-25(32)33-14-19-17-7-3-1-5-15(17)16-6-2-4-8-18(16)19/h1-8,11,19,21H,9-10,12-14H2,(H,27,32)(H,30,31). The second-order valence-corrected chi connectivity index (χ2v) is 10.7. The summed E-state index contributed by atoms with van der Waals surface area (Å²) in [6, 6.07) is 16.3. The molecule has 2 N–H and O–H groups in total. The first-order valence-electron chi connectivity index (χ1n) is 11.2. The van der Waals surface area contributed by atoms with Crippen molar-refractivity contribution in [3.63, 3.8) is 0 Å². The number of thioether (sulfide) groups is 1. The van der Waals surface area contributed by atoms with Gasteiger partial charge in [0.2, 0.25) is 0 Å². The van der Waals surface area contributed by atoms with Gasteiger partial charge in [0, 0.05) is 24.8 Å². The van der Waals surface area contributed by atoms with E-state index in [-0.39, 0.29) is 31.5 Å². The van der Waals surface area contributed by atoms with E-state index >= 15 is 0 Å². The summed E-state index contributed by atoms with van der Waals surface area (Å²) in [7, 11) is 0. The van der Waals surface area contributed by atoms with Gasteiger partial charge in [-0.3, -0.25) is 9.59 Å². The van der Waals surface area contributed by atoms with Crippen LogP contribution in [0.5, 0.6) is 0 Å². The largest absolute Gasteiger partial charge is 0.480 e. The molecule has 1 unspecified atom stereocenters. The number of hydrogen-bond donors (Lipinski definition) is 2. The molecule has 35 heavy (non-hydrogen) atoms. The summed E-state index contributed by atoms with van der Waals surface area (Å²) in [5.74, 6) is -0.585. The molecule has 0 radical (unpaired) electrons. The number of benzene rings is 2. The molecular weight excluding hydrogens is 486 g/mol. The van der Waals surface area contributed by atoms with E-state index in [1.54, 1.807) is 4.90 Å². The van der Waals surface area contributed by atoms with Crippen LogP contribution in [0, 0.1) is 0 Å². The molecule has 1 aromatic heterocycles. The SMILES string of the molecule is O=C(NCc1ncc(C(=O)N2CCSC(C(=O)O)C2)s1)OCC1c2ccccc2-c2ccccc21. The monoisotopic (exact) mass is 509 g/mol. The zero-order valence-electron chi connectivity index (χ0n) is 18.7. The molecule has 8 nitrogen and oxygen atoms in total. The number of amides is 2. The molecule has 3 aromatic rings. The Kier molecular flexibility index (Phi) is 6.74. The third-order valence-corrected chi connectivity index (χ3v) is 8.28. The highest BCUT2D eigenvalue weighted by Gasteiger charge is 2.31. The molecule has 1 atom stereocenters. The Morgan fingerprint density at radius 2 is 1.77 bits per heavy atom. The molecular formula is C25H23N3O5S2. The van der Waals surface area contributed by atoms with E-state index in [4.69, 9.17) is 4.74 Å². The molecule has 2 aliphatic rings. The number of nitrogens with one attached hydrogen (secondary N) is 1. The first-order chi connectivity index (χ1) is 17.0. The molecule has 0 bridgehead atoms. The van der Waals surface area contributed by atoms with Crippen LogP contribution >= 0.6 is 23.1 Å². The van der Waals surface area contributed by atoms with Crippen LogP contribution in [0.15, 0.2) is 54.7 Å². The average Bonchev–Trinajstić information content (AvgIpc) is 3.49. The molecule has 1 saturated heterocycles. The predicted molar refractivity (Wildman–Crippen MR) is 134 cm³/mol. The van der Waals surface area contributed by atoms with E-state index in [0.29, 0.717) is 22.2 Å². The Labute approximate surface area is 210 Å². The first kappa shape index (κ1) is 23.4. The van der Waals surface area contributed by atoms with E-state index in [1.165, 1.54) is 40.4 Å². The van der Waals surface area contributed by atoms with Crippen LogP contribution in [0.4, 0.5) is 4.79 Å². The van der Waals surface area contributed by atoms with Gasteiger partial charge in [-0.15, -0.1) is 23.1 Å². The van der Waals surface area contributed by atoms with Gasteiger partial charge in [-0.1, -0.05) is 48.5 Å². The fourth-order valence-corrected chi connectivity index (χ4v) is 6.29. The molecule has 2 aromatic carbocycles. The Bertz CT molecular complexity index is 1230. The fraction of sp³-hybridized carbons (Fsp3) is 0.280. The van der Waals surface area contributed by atoms with Crippen molar-refractivity contribution in [2.45, 2.75) is 17.7 Å². The number of alkyl carbamates (subject to hydrolysis) is 1. The third kappa shape index (κ3) is 4.89. The summed E-state index contributed by atoms with van der Waals surface area (Å²) in [4.78, 5) is 42.6. The van der Waals surface area contributed by atoms with Gasteiger partial charge >= 0.3 is 12.1 Å². The van der Waals surface area contributed by atoms with Crippen LogP contribution < -0.4 is 5.32 Å². The molecule has 0 saturated carbocycles. The van der Waals surface area contributed by atoms with Gasteiger partial charge in [0.1, 0.15) is 21.7 Å². The van der Waals surface area contributed by atoms with Crippen LogP contribution in [0.2, 0.25) is 0 Å². The van der Waals surface area contributed by atoms with Crippen molar-refractivity contribution in [3.8, 4) is 11.1 Å². The van der Waals surface area contributed by atoms with Gasteiger partial charge in [-0.25, -0.2) is 9.78 Å². The number of fused-ring (bicyclic) bond motifs is 3. The van der Waals surface area contributed by atoms with Crippen molar-refractivity contribution < 1.29 is 24.2 Å². The van der Waals surface area contributed by atoms with Crippen molar-refractivity contribution in [1.29, 1.82) is 0 Å². The normalized spacial score (nSPS) is 16.9. The summed E-state index contributed by atoms with van der Waals surface area (Å²) < 4.78 is 5.54. The molecule has 10 heteroatoms. The van der Waals surface area contributed by atoms with Gasteiger partial charge in [0.25, 0.3) is 5.91 Å². The maximum absolute atomic E-state index is 12.8. The summed E-state index contributed by atoms with van der Waals surface area (Å²) in [5, 5.41) is 11.9. The van der Waals surface area contributed by atoms with E-state index < -0.39 is 17.3 Å². The Hall–Kier alpha value is -3.37. The number of aliphatic carboxylic acids is 1. The maximum atomic E-state index is 12.8. The molecule has 0 spiro atoms. The van der Waals surface area contributed by atoms with Gasteiger partial charge in [-0.05, 0) is 22.3 Å². The molecule has 1 fully saturated rings. The minimum atomic E-state index is -0.912. The zero-order valence-corrected chi connectivity index (χ0v) is 20.3.